The molecule has 0 unspecified atom stereocenters. The zero-order chi connectivity index (χ0) is 12.1. The van der Waals surface area contributed by atoms with Crippen LogP contribution >= 0.6 is 31.9 Å². The van der Waals surface area contributed by atoms with Crippen molar-refractivity contribution in [2.45, 2.75) is 6.92 Å². The van der Waals surface area contributed by atoms with Crippen molar-refractivity contribution in [2.75, 3.05) is 13.1 Å². The van der Waals surface area contributed by atoms with E-state index in [-0.39, 0.29) is 5.91 Å². The number of nitrogens with zero attached hydrogens (tertiary/aromatic N) is 1. The molecular formula is C12H11Br2NO. The van der Waals surface area contributed by atoms with Crippen LogP contribution in [-0.4, -0.2) is 23.9 Å². The maximum Gasteiger partial charge on any atom is 0.255 e. The van der Waals surface area contributed by atoms with Gasteiger partial charge in [-0.3, -0.25) is 4.79 Å². The summed E-state index contributed by atoms with van der Waals surface area (Å²) >= 11 is 6.71. The fourth-order valence-corrected chi connectivity index (χ4v) is 2.49. The smallest absolute Gasteiger partial charge is 0.255 e. The Morgan fingerprint density at radius 2 is 2.19 bits per heavy atom. The molecule has 0 bridgehead atoms. The first-order valence-corrected chi connectivity index (χ1v) is 6.36. The fraction of sp³-hybridized carbons (Fsp3) is 0.250. The average Bonchev–Trinajstić information content (AvgIpc) is 2.25. The molecule has 1 aromatic carbocycles. The topological polar surface area (TPSA) is 20.3 Å². The minimum Gasteiger partial charge on any atom is -0.328 e. The van der Waals surface area contributed by atoms with Gasteiger partial charge in [0.05, 0.1) is 12.1 Å². The van der Waals surface area contributed by atoms with E-state index in [1.165, 1.54) is 0 Å². The molecule has 0 aliphatic heterocycles. The van der Waals surface area contributed by atoms with Gasteiger partial charge < -0.3 is 4.90 Å². The summed E-state index contributed by atoms with van der Waals surface area (Å²) in [6, 6.07) is 5.45. The van der Waals surface area contributed by atoms with E-state index in [1.54, 1.807) is 11.0 Å². The molecule has 0 fully saturated rings. The molecule has 0 atom stereocenters. The van der Waals surface area contributed by atoms with E-state index < -0.39 is 0 Å². The third-order valence-electron chi connectivity index (χ3n) is 2.11. The number of carbonyl (C=O) groups excluding carboxylic acids is 1. The number of hydrogen-bond donors (Lipinski definition) is 0. The number of halogens is 2. The molecule has 0 spiro atoms. The second kappa shape index (κ2) is 6.07. The van der Waals surface area contributed by atoms with Crippen molar-refractivity contribution in [3.63, 3.8) is 0 Å². The Bertz CT molecular complexity index is 437. The van der Waals surface area contributed by atoms with Gasteiger partial charge in [-0.05, 0) is 41.1 Å². The standard InChI is InChI=1S/C12H11Br2NO/c1-3-7-15(4-2)12(16)10-6-5-9(13)8-11(10)14/h1,5-6,8H,4,7H2,2H3. The number of amides is 1. The number of benzene rings is 1. The Hall–Kier alpha value is -0.790. The summed E-state index contributed by atoms with van der Waals surface area (Å²) in [5.74, 6) is 2.43. The lowest BCUT2D eigenvalue weighted by Crippen LogP contribution is -2.31. The van der Waals surface area contributed by atoms with Crippen LogP contribution in [0.4, 0.5) is 0 Å². The van der Waals surface area contributed by atoms with Gasteiger partial charge in [0.2, 0.25) is 0 Å². The van der Waals surface area contributed by atoms with Crippen LogP contribution in [-0.2, 0) is 0 Å². The molecule has 1 amide bonds. The largest absolute Gasteiger partial charge is 0.328 e. The predicted molar refractivity (Wildman–Crippen MR) is 72.3 cm³/mol. The highest BCUT2D eigenvalue weighted by atomic mass is 79.9. The van der Waals surface area contributed by atoms with Crippen molar-refractivity contribution in [1.82, 2.24) is 4.90 Å². The quantitative estimate of drug-likeness (QED) is 0.770. The summed E-state index contributed by atoms with van der Waals surface area (Å²) in [5, 5.41) is 0. The van der Waals surface area contributed by atoms with Crippen LogP contribution in [0.5, 0.6) is 0 Å². The van der Waals surface area contributed by atoms with Crippen molar-refractivity contribution in [2.24, 2.45) is 0 Å². The molecule has 0 aromatic heterocycles. The second-order valence-electron chi connectivity index (χ2n) is 3.15. The monoisotopic (exact) mass is 343 g/mol. The molecule has 0 aliphatic rings. The summed E-state index contributed by atoms with van der Waals surface area (Å²) in [5.41, 5.74) is 0.625. The van der Waals surface area contributed by atoms with E-state index in [0.29, 0.717) is 18.7 Å². The second-order valence-corrected chi connectivity index (χ2v) is 4.92. The summed E-state index contributed by atoms with van der Waals surface area (Å²) in [6.07, 6.45) is 5.22. The van der Waals surface area contributed by atoms with E-state index >= 15 is 0 Å². The van der Waals surface area contributed by atoms with Gasteiger partial charge in [-0.2, -0.15) is 0 Å². The number of terminal acetylenes is 1. The Balaban J connectivity index is 3.00. The molecule has 4 heteroatoms. The van der Waals surface area contributed by atoms with E-state index in [2.05, 4.69) is 37.8 Å². The third kappa shape index (κ3) is 3.10. The van der Waals surface area contributed by atoms with E-state index in [9.17, 15) is 4.79 Å². The van der Waals surface area contributed by atoms with Gasteiger partial charge in [-0.15, -0.1) is 6.42 Å². The van der Waals surface area contributed by atoms with Gasteiger partial charge in [-0.25, -0.2) is 0 Å². The Labute approximate surface area is 112 Å². The molecule has 0 saturated carbocycles. The molecule has 0 aliphatic carbocycles. The first-order chi connectivity index (χ1) is 7.60. The summed E-state index contributed by atoms with van der Waals surface area (Å²) < 4.78 is 1.69. The molecule has 0 heterocycles. The van der Waals surface area contributed by atoms with Gasteiger partial charge in [0.15, 0.2) is 0 Å². The lowest BCUT2D eigenvalue weighted by atomic mass is 10.2. The molecule has 0 N–H and O–H groups in total. The average molecular weight is 345 g/mol. The lowest BCUT2D eigenvalue weighted by molar-refractivity contribution is 0.0784. The van der Waals surface area contributed by atoms with Gasteiger partial charge in [0.1, 0.15) is 0 Å². The highest BCUT2D eigenvalue weighted by molar-refractivity contribution is 9.11. The van der Waals surface area contributed by atoms with E-state index in [4.69, 9.17) is 6.42 Å². The first-order valence-electron chi connectivity index (χ1n) is 4.78. The van der Waals surface area contributed by atoms with Crippen molar-refractivity contribution >= 4 is 37.8 Å². The maximum atomic E-state index is 12.1. The normalized spacial score (nSPS) is 9.62. The van der Waals surface area contributed by atoms with Crippen molar-refractivity contribution in [3.05, 3.63) is 32.7 Å². The van der Waals surface area contributed by atoms with Crippen LogP contribution in [0, 0.1) is 12.3 Å². The highest BCUT2D eigenvalue weighted by Gasteiger charge is 2.15. The lowest BCUT2D eigenvalue weighted by Gasteiger charge is -2.18. The number of hydrogen-bond acceptors (Lipinski definition) is 1. The van der Waals surface area contributed by atoms with Crippen LogP contribution in [0.2, 0.25) is 0 Å². The van der Waals surface area contributed by atoms with Crippen LogP contribution in [0.25, 0.3) is 0 Å². The molecule has 2 nitrogen and oxygen atoms in total. The van der Waals surface area contributed by atoms with Gasteiger partial charge >= 0.3 is 0 Å². The molecular weight excluding hydrogens is 334 g/mol. The Morgan fingerprint density at radius 1 is 1.50 bits per heavy atom. The third-order valence-corrected chi connectivity index (χ3v) is 3.26. The Kier molecular flexibility index (Phi) is 5.04. The molecule has 84 valence electrons. The Morgan fingerprint density at radius 3 is 2.69 bits per heavy atom. The molecule has 0 radical (unpaired) electrons. The fourth-order valence-electron chi connectivity index (χ4n) is 1.27. The minimum absolute atomic E-state index is 0.0557. The molecule has 16 heavy (non-hydrogen) atoms. The van der Waals surface area contributed by atoms with Crippen LogP contribution in [0.15, 0.2) is 27.1 Å². The predicted octanol–water partition coefficient (Wildman–Crippen LogP) is 3.31. The van der Waals surface area contributed by atoms with Crippen molar-refractivity contribution in [3.8, 4) is 12.3 Å². The molecule has 1 rings (SSSR count). The maximum absolute atomic E-state index is 12.1. The summed E-state index contributed by atoms with van der Waals surface area (Å²) in [7, 11) is 0. The van der Waals surface area contributed by atoms with Gasteiger partial charge in [0.25, 0.3) is 5.91 Å². The summed E-state index contributed by atoms with van der Waals surface area (Å²) in [6.45, 7) is 2.84. The van der Waals surface area contributed by atoms with Crippen molar-refractivity contribution in [1.29, 1.82) is 0 Å². The summed E-state index contributed by atoms with van der Waals surface area (Å²) in [4.78, 5) is 13.7. The van der Waals surface area contributed by atoms with Crippen molar-refractivity contribution < 1.29 is 4.79 Å². The van der Waals surface area contributed by atoms with E-state index in [1.807, 2.05) is 19.1 Å². The SMILES string of the molecule is C#CCN(CC)C(=O)c1ccc(Br)cc1Br. The minimum atomic E-state index is -0.0557. The van der Waals surface area contributed by atoms with E-state index in [0.717, 1.165) is 8.95 Å². The number of carbonyl (C=O) groups is 1. The van der Waals surface area contributed by atoms with Gasteiger partial charge in [-0.1, -0.05) is 21.9 Å². The molecule has 0 saturated heterocycles. The number of rotatable bonds is 3. The zero-order valence-corrected chi connectivity index (χ0v) is 12.0. The zero-order valence-electron chi connectivity index (χ0n) is 8.84. The highest BCUT2D eigenvalue weighted by Crippen LogP contribution is 2.23. The van der Waals surface area contributed by atoms with Gasteiger partial charge in [0, 0.05) is 15.5 Å². The van der Waals surface area contributed by atoms with Crippen LogP contribution < -0.4 is 0 Å². The van der Waals surface area contributed by atoms with Crippen LogP contribution in [0.3, 0.4) is 0 Å². The van der Waals surface area contributed by atoms with Crippen LogP contribution in [0.1, 0.15) is 17.3 Å². The first kappa shape index (κ1) is 13.3. The molecule has 1 aromatic rings.